The van der Waals surface area contributed by atoms with Gasteiger partial charge in [-0.3, -0.25) is 4.79 Å². The molecule has 3 rings (SSSR count). The number of carbonyl (C=O) groups is 1. The van der Waals surface area contributed by atoms with Crippen molar-refractivity contribution in [1.82, 2.24) is 9.29 Å². The van der Waals surface area contributed by atoms with Crippen LogP contribution in [0, 0.1) is 12.7 Å². The number of rotatable bonds is 6. The molecular weight excluding hydrogens is 433 g/mol. The average Bonchev–Trinajstić information content (AvgIpc) is 3.08. The van der Waals surface area contributed by atoms with Crippen LogP contribution >= 0.6 is 23.1 Å². The Hall–Kier alpha value is -2.27. The molecule has 152 valence electrons. The molecule has 2 aromatic carbocycles. The molecule has 10 heteroatoms. The van der Waals surface area contributed by atoms with Gasteiger partial charge in [-0.15, -0.1) is 11.3 Å². The molecule has 1 aromatic heterocycles. The maximum Gasteiger partial charge on any atom is 0.255 e. The molecule has 29 heavy (non-hydrogen) atoms. The fourth-order valence-corrected chi connectivity index (χ4v) is 5.12. The van der Waals surface area contributed by atoms with Crippen molar-refractivity contribution in [2.45, 2.75) is 21.1 Å². The molecule has 0 radical (unpaired) electrons. The molecule has 0 saturated carbocycles. The van der Waals surface area contributed by atoms with Gasteiger partial charge in [-0.05, 0) is 49.4 Å². The lowest BCUT2D eigenvalue weighted by molar-refractivity contribution is 0.102. The van der Waals surface area contributed by atoms with E-state index in [0.717, 1.165) is 31.4 Å². The second-order valence-corrected chi connectivity index (χ2v) is 10.6. The number of sulfonamides is 1. The molecule has 3 aromatic rings. The van der Waals surface area contributed by atoms with E-state index in [-0.39, 0.29) is 5.56 Å². The molecule has 0 atom stereocenters. The topological polar surface area (TPSA) is 79.4 Å². The molecule has 0 unspecified atom stereocenters. The van der Waals surface area contributed by atoms with Crippen molar-refractivity contribution in [2.24, 2.45) is 0 Å². The highest BCUT2D eigenvalue weighted by atomic mass is 32.2. The minimum atomic E-state index is -4.00. The monoisotopic (exact) mass is 451 g/mol. The molecule has 0 aliphatic heterocycles. The van der Waals surface area contributed by atoms with E-state index in [0.29, 0.717) is 5.69 Å². The van der Waals surface area contributed by atoms with E-state index in [2.05, 4.69) is 10.3 Å². The number of hydrogen-bond acceptors (Lipinski definition) is 6. The van der Waals surface area contributed by atoms with Crippen molar-refractivity contribution in [1.29, 1.82) is 0 Å². The van der Waals surface area contributed by atoms with Gasteiger partial charge in [0, 0.05) is 41.3 Å². The predicted octanol–water partition coefficient (Wildman–Crippen LogP) is 4.24. The van der Waals surface area contributed by atoms with E-state index >= 15 is 0 Å². The van der Waals surface area contributed by atoms with Crippen LogP contribution in [0.3, 0.4) is 0 Å². The average molecular weight is 452 g/mol. The second kappa shape index (κ2) is 8.62. The number of aromatic nitrogens is 1. The maximum atomic E-state index is 14.0. The number of benzene rings is 2. The fraction of sp³-hybridized carbons (Fsp3) is 0.158. The molecule has 0 saturated heterocycles. The standard InChI is InChI=1S/C19H18FN3O3S3/c1-12-11-27-19(21-12)28-15-7-5-14(6-8-15)22-18(24)13-4-9-16(20)17(10-13)29(25,26)23(2)3/h4-11H,1-3H3,(H,22,24). The maximum absolute atomic E-state index is 14.0. The van der Waals surface area contributed by atoms with Gasteiger partial charge in [-0.2, -0.15) is 0 Å². The van der Waals surface area contributed by atoms with Crippen LogP contribution in [0.15, 0.2) is 62.0 Å². The summed E-state index contributed by atoms with van der Waals surface area (Å²) < 4.78 is 40.3. The van der Waals surface area contributed by atoms with Crippen molar-refractivity contribution >= 4 is 44.7 Å². The minimum Gasteiger partial charge on any atom is -0.322 e. The first-order chi connectivity index (χ1) is 13.7. The van der Waals surface area contributed by atoms with Crippen LogP contribution in [0.4, 0.5) is 10.1 Å². The summed E-state index contributed by atoms with van der Waals surface area (Å²) in [6.07, 6.45) is 0. The van der Waals surface area contributed by atoms with E-state index < -0.39 is 26.6 Å². The van der Waals surface area contributed by atoms with E-state index in [1.54, 1.807) is 23.5 Å². The first-order valence-corrected chi connectivity index (χ1v) is 11.5. The number of anilines is 1. The lowest BCUT2D eigenvalue weighted by Crippen LogP contribution is -2.24. The number of amides is 1. The Labute approximate surface area is 176 Å². The third-order valence-corrected chi connectivity index (χ3v) is 7.76. The summed E-state index contributed by atoms with van der Waals surface area (Å²) in [7, 11) is -1.40. The quantitative estimate of drug-likeness (QED) is 0.606. The van der Waals surface area contributed by atoms with Crippen LogP contribution in [0.25, 0.3) is 0 Å². The molecule has 0 fully saturated rings. The first-order valence-electron chi connectivity index (χ1n) is 8.40. The Bertz CT molecular complexity index is 1140. The van der Waals surface area contributed by atoms with Gasteiger partial charge < -0.3 is 5.32 Å². The van der Waals surface area contributed by atoms with Crippen LogP contribution < -0.4 is 5.32 Å². The van der Waals surface area contributed by atoms with Crippen molar-refractivity contribution in [2.75, 3.05) is 19.4 Å². The molecule has 1 amide bonds. The number of aryl methyl sites for hydroxylation is 1. The van der Waals surface area contributed by atoms with Crippen molar-refractivity contribution in [3.63, 3.8) is 0 Å². The Morgan fingerprint density at radius 2 is 1.86 bits per heavy atom. The predicted molar refractivity (Wildman–Crippen MR) is 113 cm³/mol. The van der Waals surface area contributed by atoms with Crippen LogP contribution in [0.1, 0.15) is 16.1 Å². The summed E-state index contributed by atoms with van der Waals surface area (Å²) in [5, 5.41) is 4.67. The zero-order chi connectivity index (χ0) is 21.2. The Morgan fingerprint density at radius 3 is 2.45 bits per heavy atom. The molecule has 0 spiro atoms. The summed E-state index contributed by atoms with van der Waals surface area (Å²) in [4.78, 5) is 17.3. The molecule has 0 aliphatic rings. The van der Waals surface area contributed by atoms with Crippen molar-refractivity contribution in [3.8, 4) is 0 Å². The summed E-state index contributed by atoms with van der Waals surface area (Å²) in [6, 6.07) is 10.4. The zero-order valence-corrected chi connectivity index (χ0v) is 18.3. The Kier molecular flexibility index (Phi) is 6.37. The van der Waals surface area contributed by atoms with E-state index in [4.69, 9.17) is 0 Å². The third-order valence-electron chi connectivity index (χ3n) is 3.87. The first kappa shape index (κ1) is 21.4. The van der Waals surface area contributed by atoms with Gasteiger partial charge in [-0.1, -0.05) is 11.8 Å². The molecule has 1 N–H and O–H groups in total. The number of nitrogens with one attached hydrogen (secondary N) is 1. The summed E-state index contributed by atoms with van der Waals surface area (Å²) in [5.41, 5.74) is 1.55. The van der Waals surface area contributed by atoms with Crippen LogP contribution in [0.5, 0.6) is 0 Å². The fourth-order valence-electron chi connectivity index (χ4n) is 2.33. The Balaban J connectivity index is 1.75. The molecular formula is C19H18FN3O3S3. The second-order valence-electron chi connectivity index (χ2n) is 6.27. The smallest absolute Gasteiger partial charge is 0.255 e. The molecule has 1 heterocycles. The summed E-state index contributed by atoms with van der Waals surface area (Å²) >= 11 is 3.08. The SMILES string of the molecule is Cc1csc(Sc2ccc(NC(=O)c3ccc(F)c(S(=O)(=O)N(C)C)c3)cc2)n1. The van der Waals surface area contributed by atoms with Crippen LogP contribution in [-0.4, -0.2) is 37.7 Å². The van der Waals surface area contributed by atoms with Gasteiger partial charge in [0.1, 0.15) is 10.7 Å². The van der Waals surface area contributed by atoms with Gasteiger partial charge in [0.25, 0.3) is 5.91 Å². The normalized spacial score (nSPS) is 11.6. The highest BCUT2D eigenvalue weighted by Gasteiger charge is 2.23. The van der Waals surface area contributed by atoms with Gasteiger partial charge in [0.05, 0.1) is 0 Å². The number of thiazole rings is 1. The largest absolute Gasteiger partial charge is 0.322 e. The van der Waals surface area contributed by atoms with Gasteiger partial charge in [0.15, 0.2) is 4.34 Å². The van der Waals surface area contributed by atoms with Crippen molar-refractivity contribution < 1.29 is 17.6 Å². The lowest BCUT2D eigenvalue weighted by Gasteiger charge is -2.13. The van der Waals surface area contributed by atoms with Crippen molar-refractivity contribution in [3.05, 3.63) is 64.9 Å². The molecule has 6 nitrogen and oxygen atoms in total. The Morgan fingerprint density at radius 1 is 1.17 bits per heavy atom. The minimum absolute atomic E-state index is 0.0449. The number of halogens is 1. The van der Waals surface area contributed by atoms with Gasteiger partial charge in [-0.25, -0.2) is 22.1 Å². The molecule has 0 bridgehead atoms. The van der Waals surface area contributed by atoms with Gasteiger partial charge >= 0.3 is 0 Å². The van der Waals surface area contributed by atoms with Crippen LogP contribution in [0.2, 0.25) is 0 Å². The number of carbonyl (C=O) groups excluding carboxylic acids is 1. The van der Waals surface area contributed by atoms with E-state index in [1.165, 1.54) is 31.9 Å². The highest BCUT2D eigenvalue weighted by molar-refractivity contribution is 8.01. The van der Waals surface area contributed by atoms with Gasteiger partial charge in [0.2, 0.25) is 10.0 Å². The highest BCUT2D eigenvalue weighted by Crippen LogP contribution is 2.31. The van der Waals surface area contributed by atoms with E-state index in [1.807, 2.05) is 24.4 Å². The summed E-state index contributed by atoms with van der Waals surface area (Å²) in [6.45, 7) is 1.93. The third kappa shape index (κ3) is 5.02. The summed E-state index contributed by atoms with van der Waals surface area (Å²) in [5.74, 6) is -1.44. The number of hydrogen-bond donors (Lipinski definition) is 1. The number of nitrogens with zero attached hydrogens (tertiary/aromatic N) is 2. The van der Waals surface area contributed by atoms with Crippen LogP contribution in [-0.2, 0) is 10.0 Å². The zero-order valence-electron chi connectivity index (χ0n) is 15.8. The molecule has 0 aliphatic carbocycles. The lowest BCUT2D eigenvalue weighted by atomic mass is 10.2. The van der Waals surface area contributed by atoms with E-state index in [9.17, 15) is 17.6 Å².